The number of hydrogen-bond acceptors (Lipinski definition) is 3. The summed E-state index contributed by atoms with van der Waals surface area (Å²) in [6, 6.07) is -0.608. The van der Waals surface area contributed by atoms with Crippen LogP contribution in [0.2, 0.25) is 0 Å². The monoisotopic (exact) mass is 299 g/mol. The Morgan fingerprint density at radius 2 is 1.76 bits per heavy atom. The zero-order chi connectivity index (χ0) is 15.8. The molecule has 3 amide bonds. The molecular weight excluding hydrogens is 270 g/mol. The van der Waals surface area contributed by atoms with Crippen LogP contribution in [-0.2, 0) is 9.53 Å². The molecular formula is C15H29N3O3. The van der Waals surface area contributed by atoms with E-state index < -0.39 is 6.04 Å². The van der Waals surface area contributed by atoms with Gasteiger partial charge in [-0.05, 0) is 26.2 Å². The van der Waals surface area contributed by atoms with E-state index in [4.69, 9.17) is 4.74 Å². The van der Waals surface area contributed by atoms with Crippen LogP contribution in [0.1, 0.15) is 34.1 Å². The highest BCUT2D eigenvalue weighted by Crippen LogP contribution is 2.10. The topological polar surface area (TPSA) is 61.9 Å². The molecule has 1 aliphatic heterocycles. The van der Waals surface area contributed by atoms with Crippen molar-refractivity contribution >= 4 is 11.9 Å². The maximum absolute atomic E-state index is 12.6. The molecule has 1 saturated heterocycles. The van der Waals surface area contributed by atoms with Crippen LogP contribution in [0, 0.1) is 5.92 Å². The van der Waals surface area contributed by atoms with Gasteiger partial charge in [0.05, 0.1) is 13.2 Å². The maximum Gasteiger partial charge on any atom is 0.318 e. The molecule has 0 aliphatic carbocycles. The molecule has 0 spiro atoms. The van der Waals surface area contributed by atoms with Crippen LogP contribution >= 0.6 is 0 Å². The van der Waals surface area contributed by atoms with Crippen LogP contribution < -0.4 is 5.32 Å². The van der Waals surface area contributed by atoms with E-state index in [0.29, 0.717) is 51.7 Å². The Balaban J connectivity index is 2.69. The quantitative estimate of drug-likeness (QED) is 0.804. The second kappa shape index (κ2) is 8.87. The largest absolute Gasteiger partial charge is 0.378 e. The number of carbonyl (C=O) groups excluding carboxylic acids is 2. The Hall–Kier alpha value is -1.30. The molecule has 1 aliphatic rings. The van der Waals surface area contributed by atoms with Gasteiger partial charge in [-0.1, -0.05) is 13.8 Å². The van der Waals surface area contributed by atoms with E-state index in [1.165, 1.54) is 0 Å². The third-order valence-corrected chi connectivity index (χ3v) is 3.68. The average Bonchev–Trinajstić information content (AvgIpc) is 2.47. The normalized spacial score (nSPS) is 16.7. The lowest BCUT2D eigenvalue weighted by Gasteiger charge is -2.32. The smallest absolute Gasteiger partial charge is 0.318 e. The van der Waals surface area contributed by atoms with Crippen molar-refractivity contribution in [1.29, 1.82) is 0 Å². The van der Waals surface area contributed by atoms with Gasteiger partial charge in [-0.3, -0.25) is 4.79 Å². The summed E-state index contributed by atoms with van der Waals surface area (Å²) in [6.45, 7) is 11.6. The fourth-order valence-electron chi connectivity index (χ4n) is 2.45. The third kappa shape index (κ3) is 5.53. The molecule has 1 heterocycles. The van der Waals surface area contributed by atoms with Gasteiger partial charge in [-0.2, -0.15) is 0 Å². The highest BCUT2D eigenvalue weighted by atomic mass is 16.5. The van der Waals surface area contributed by atoms with Gasteiger partial charge in [0, 0.05) is 26.2 Å². The molecule has 122 valence electrons. The van der Waals surface area contributed by atoms with E-state index >= 15 is 0 Å². The summed E-state index contributed by atoms with van der Waals surface area (Å²) >= 11 is 0. The molecule has 0 saturated carbocycles. The summed E-state index contributed by atoms with van der Waals surface area (Å²) in [5.41, 5.74) is 0. The van der Waals surface area contributed by atoms with Gasteiger partial charge in [-0.15, -0.1) is 0 Å². The van der Waals surface area contributed by atoms with Crippen molar-refractivity contribution in [3.05, 3.63) is 0 Å². The molecule has 1 rings (SSSR count). The summed E-state index contributed by atoms with van der Waals surface area (Å²) in [4.78, 5) is 28.3. The van der Waals surface area contributed by atoms with Gasteiger partial charge in [0.1, 0.15) is 6.04 Å². The van der Waals surface area contributed by atoms with E-state index in [1.807, 2.05) is 13.8 Å². The van der Waals surface area contributed by atoms with Crippen LogP contribution in [0.15, 0.2) is 0 Å². The first-order chi connectivity index (χ1) is 9.99. The lowest BCUT2D eigenvalue weighted by molar-refractivity contribution is -0.137. The number of ether oxygens (including phenoxy) is 1. The van der Waals surface area contributed by atoms with Gasteiger partial charge in [-0.25, -0.2) is 4.79 Å². The highest BCUT2D eigenvalue weighted by Gasteiger charge is 2.28. The van der Waals surface area contributed by atoms with Crippen molar-refractivity contribution in [3.63, 3.8) is 0 Å². The number of nitrogens with zero attached hydrogens (tertiary/aromatic N) is 2. The Morgan fingerprint density at radius 1 is 1.19 bits per heavy atom. The summed E-state index contributed by atoms with van der Waals surface area (Å²) < 4.78 is 5.28. The van der Waals surface area contributed by atoms with E-state index in [9.17, 15) is 9.59 Å². The number of nitrogens with one attached hydrogen (secondary N) is 1. The molecule has 0 unspecified atom stereocenters. The summed E-state index contributed by atoms with van der Waals surface area (Å²) in [6.07, 6.45) is 0.656. The Morgan fingerprint density at radius 3 is 2.24 bits per heavy atom. The Bertz CT molecular complexity index is 337. The number of morpholine rings is 1. The van der Waals surface area contributed by atoms with Crippen molar-refractivity contribution in [3.8, 4) is 0 Å². The minimum Gasteiger partial charge on any atom is -0.378 e. The lowest BCUT2D eigenvalue weighted by Crippen LogP contribution is -2.54. The molecule has 21 heavy (non-hydrogen) atoms. The van der Waals surface area contributed by atoms with Gasteiger partial charge in [0.2, 0.25) is 5.91 Å². The van der Waals surface area contributed by atoms with Gasteiger partial charge >= 0.3 is 6.03 Å². The van der Waals surface area contributed by atoms with E-state index in [2.05, 4.69) is 19.2 Å². The van der Waals surface area contributed by atoms with Crippen LogP contribution in [0.3, 0.4) is 0 Å². The van der Waals surface area contributed by atoms with E-state index in [-0.39, 0.29) is 11.9 Å². The first-order valence-electron chi connectivity index (χ1n) is 7.91. The molecule has 0 aromatic carbocycles. The molecule has 6 heteroatoms. The van der Waals surface area contributed by atoms with Crippen LogP contribution in [0.25, 0.3) is 0 Å². The van der Waals surface area contributed by atoms with Gasteiger partial charge in [0.25, 0.3) is 0 Å². The third-order valence-electron chi connectivity index (χ3n) is 3.68. The predicted octanol–water partition coefficient (Wildman–Crippen LogP) is 1.31. The summed E-state index contributed by atoms with van der Waals surface area (Å²) in [5, 5.41) is 2.90. The minimum atomic E-state index is -0.448. The van der Waals surface area contributed by atoms with Crippen molar-refractivity contribution in [1.82, 2.24) is 15.1 Å². The molecule has 0 radical (unpaired) electrons. The van der Waals surface area contributed by atoms with Gasteiger partial charge < -0.3 is 19.9 Å². The summed E-state index contributed by atoms with van der Waals surface area (Å²) in [7, 11) is 0. The first kappa shape index (κ1) is 17.8. The highest BCUT2D eigenvalue weighted by molar-refractivity contribution is 5.87. The predicted molar refractivity (Wildman–Crippen MR) is 82.1 cm³/mol. The standard InChI is InChI=1S/C15H29N3O3/c1-5-17(6-2)15(20)16-13(11-12(3)4)14(19)18-7-9-21-10-8-18/h12-13H,5-11H2,1-4H3,(H,16,20)/t13-/m1/s1. The van der Waals surface area contributed by atoms with Crippen LogP contribution in [0.5, 0.6) is 0 Å². The van der Waals surface area contributed by atoms with Crippen molar-refractivity contribution in [2.24, 2.45) is 5.92 Å². The fraction of sp³-hybridized carbons (Fsp3) is 0.867. The molecule has 1 N–H and O–H groups in total. The maximum atomic E-state index is 12.6. The number of urea groups is 1. The molecule has 1 fully saturated rings. The van der Waals surface area contributed by atoms with Gasteiger partial charge in [0.15, 0.2) is 0 Å². The second-order valence-electron chi connectivity index (χ2n) is 5.74. The van der Waals surface area contributed by atoms with Crippen molar-refractivity contribution in [2.75, 3.05) is 39.4 Å². The number of amides is 3. The SMILES string of the molecule is CCN(CC)C(=O)N[C@H](CC(C)C)C(=O)N1CCOCC1. The van der Waals surface area contributed by atoms with E-state index in [0.717, 1.165) is 0 Å². The number of rotatable bonds is 6. The molecule has 0 bridgehead atoms. The summed E-state index contributed by atoms with van der Waals surface area (Å²) in [5.74, 6) is 0.351. The molecule has 0 aromatic heterocycles. The number of hydrogen-bond donors (Lipinski definition) is 1. The minimum absolute atomic E-state index is 0.00695. The second-order valence-corrected chi connectivity index (χ2v) is 5.74. The molecule has 6 nitrogen and oxygen atoms in total. The van der Waals surface area contributed by atoms with Crippen LogP contribution in [0.4, 0.5) is 4.79 Å². The Kier molecular flexibility index (Phi) is 7.50. The average molecular weight is 299 g/mol. The number of carbonyl (C=O) groups is 2. The zero-order valence-corrected chi connectivity index (χ0v) is 13.7. The fourth-order valence-corrected chi connectivity index (χ4v) is 2.45. The van der Waals surface area contributed by atoms with Crippen LogP contribution in [-0.4, -0.2) is 67.2 Å². The van der Waals surface area contributed by atoms with Crippen molar-refractivity contribution in [2.45, 2.75) is 40.2 Å². The molecule has 1 atom stereocenters. The van der Waals surface area contributed by atoms with Crippen molar-refractivity contribution < 1.29 is 14.3 Å². The first-order valence-corrected chi connectivity index (χ1v) is 7.91. The molecule has 0 aromatic rings. The van der Waals surface area contributed by atoms with E-state index in [1.54, 1.807) is 9.80 Å². The zero-order valence-electron chi connectivity index (χ0n) is 13.7. The lowest BCUT2D eigenvalue weighted by atomic mass is 10.0. The Labute approximate surface area is 127 Å².